The molecule has 0 fully saturated rings. The largest absolute Gasteiger partial charge is 0.344 e. The standard InChI is InChI=1S/C43H47NO18S6/c1-26(10-6-13-33-31(12-8-20-65(47,48)49)32-17-15-27-22-29(63-61-59-45)24-36(68(56,57)58)39(27)40(32)42(33,2)3)11-7-14-37-43(4,5)41-34(44(37)19-9-21-66(50,51)52)18-16-28-23-30(67(53,54)55)25-35(38(28)41)64-62-60-46/h6-7,10-11,13-18,22-25,45-46H,8-9,12,19-21H2,1-5H3,(H,47,48,49)(H,50,51,52)(H,53,54,55)(H,56,57,58)/b11-7?,13-6?,26-10?,37-14+. The number of hydrogen-bond donors (Lipinski definition) is 6. The van der Waals surface area contributed by atoms with Crippen LogP contribution in [0.5, 0.6) is 0 Å². The van der Waals surface area contributed by atoms with E-state index in [4.69, 9.17) is 14.8 Å². The van der Waals surface area contributed by atoms with Crippen LogP contribution in [0.1, 0.15) is 70.6 Å². The van der Waals surface area contributed by atoms with Gasteiger partial charge in [-0.2, -0.15) is 33.7 Å². The van der Waals surface area contributed by atoms with Gasteiger partial charge in [0.1, 0.15) is 4.90 Å². The smallest absolute Gasteiger partial charge is 0.295 e. The van der Waals surface area contributed by atoms with E-state index in [1.165, 1.54) is 12.1 Å². The van der Waals surface area contributed by atoms with Crippen molar-refractivity contribution in [3.8, 4) is 0 Å². The quantitative estimate of drug-likeness (QED) is 0.0158. The molecule has 4 aromatic carbocycles. The molecule has 68 heavy (non-hydrogen) atoms. The Morgan fingerprint density at radius 3 is 1.99 bits per heavy atom. The second-order valence-corrected chi connectivity index (χ2v) is 24.4. The molecule has 19 nitrogen and oxygen atoms in total. The average molecular weight is 1060 g/mol. The highest BCUT2D eigenvalue weighted by Crippen LogP contribution is 2.54. The maximum atomic E-state index is 12.9. The average Bonchev–Trinajstić information content (AvgIpc) is 3.57. The van der Waals surface area contributed by atoms with Gasteiger partial charge < -0.3 is 4.90 Å². The number of fused-ring (bicyclic) bond motifs is 6. The number of hydrogen-bond acceptors (Lipinski definition) is 17. The molecule has 6 N–H and O–H groups in total. The van der Waals surface area contributed by atoms with Crippen molar-refractivity contribution in [2.24, 2.45) is 0 Å². The Bertz CT molecular complexity index is 3280. The van der Waals surface area contributed by atoms with Crippen LogP contribution >= 0.6 is 24.1 Å². The van der Waals surface area contributed by atoms with Crippen LogP contribution in [-0.4, -0.2) is 80.4 Å². The molecule has 1 aliphatic heterocycles. The van der Waals surface area contributed by atoms with Crippen molar-refractivity contribution >= 4 is 97.4 Å². The van der Waals surface area contributed by atoms with E-state index in [1.54, 1.807) is 54.6 Å². The molecule has 1 aliphatic carbocycles. The van der Waals surface area contributed by atoms with Gasteiger partial charge in [-0.25, -0.2) is 10.5 Å². The second kappa shape index (κ2) is 20.4. The van der Waals surface area contributed by atoms with Crippen LogP contribution in [0.25, 0.3) is 27.1 Å². The first-order chi connectivity index (χ1) is 31.6. The summed E-state index contributed by atoms with van der Waals surface area (Å²) in [6.45, 7) is 9.48. The SMILES string of the molecule is CC(C=C/C=C1/N(CCCS(=O)(=O)O)c2ccc3cc(S(=O)(=O)O)cc(SOOO)c3c2C1(C)C)=CC=CC1=C(CCCS(=O)(=O)O)c2ccc3cc(SOOO)cc(S(=O)(=O)O)c3c2C1(C)C. The highest BCUT2D eigenvalue weighted by Gasteiger charge is 2.43. The van der Waals surface area contributed by atoms with E-state index in [1.807, 2.05) is 51.7 Å². The van der Waals surface area contributed by atoms with Crippen LogP contribution < -0.4 is 4.90 Å². The van der Waals surface area contributed by atoms with Gasteiger partial charge in [-0.3, -0.25) is 18.2 Å². The van der Waals surface area contributed by atoms with Gasteiger partial charge in [-0.1, -0.05) is 91.9 Å². The van der Waals surface area contributed by atoms with Crippen LogP contribution in [0.15, 0.2) is 121 Å². The molecule has 0 amide bonds. The lowest BCUT2D eigenvalue weighted by atomic mass is 9.78. The van der Waals surface area contributed by atoms with Gasteiger partial charge in [-0.15, -0.1) is 8.67 Å². The van der Waals surface area contributed by atoms with Crippen LogP contribution in [0.2, 0.25) is 0 Å². The number of nitrogens with zero attached hydrogens (tertiary/aromatic N) is 1. The van der Waals surface area contributed by atoms with E-state index in [-0.39, 0.29) is 41.0 Å². The Kier molecular flexibility index (Phi) is 16.0. The first kappa shape index (κ1) is 53.4. The molecule has 6 rings (SSSR count). The van der Waals surface area contributed by atoms with Crippen LogP contribution in [0, 0.1) is 0 Å². The molecule has 25 heteroatoms. The molecule has 1 heterocycles. The maximum Gasteiger partial charge on any atom is 0.295 e. The van der Waals surface area contributed by atoms with Crippen LogP contribution in [0.3, 0.4) is 0 Å². The lowest BCUT2D eigenvalue weighted by Gasteiger charge is -2.27. The normalized spacial score (nSPS) is 17.2. The summed E-state index contributed by atoms with van der Waals surface area (Å²) in [6.07, 6.45) is 11.0. The molecule has 0 radical (unpaired) electrons. The van der Waals surface area contributed by atoms with Crippen molar-refractivity contribution in [2.45, 2.75) is 84.3 Å². The van der Waals surface area contributed by atoms with E-state index in [9.17, 15) is 51.9 Å². The zero-order valence-electron chi connectivity index (χ0n) is 36.8. The van der Waals surface area contributed by atoms with E-state index in [0.29, 0.717) is 79.5 Å². The van der Waals surface area contributed by atoms with Crippen molar-refractivity contribution < 1.29 is 81.1 Å². The lowest BCUT2D eigenvalue weighted by molar-refractivity contribution is -0.432. The predicted molar refractivity (Wildman–Crippen MR) is 256 cm³/mol. The fourth-order valence-electron chi connectivity index (χ4n) is 8.97. The highest BCUT2D eigenvalue weighted by atomic mass is 32.2. The second-order valence-electron chi connectivity index (χ2n) is 16.9. The topological polar surface area (TPSA) is 298 Å². The molecule has 0 bridgehead atoms. The van der Waals surface area contributed by atoms with Gasteiger partial charge >= 0.3 is 0 Å². The first-order valence-electron chi connectivity index (χ1n) is 20.2. The first-order valence-corrected chi connectivity index (χ1v) is 27.8. The Morgan fingerprint density at radius 2 is 1.35 bits per heavy atom. The lowest BCUT2D eigenvalue weighted by Crippen LogP contribution is -2.28. The zero-order chi connectivity index (χ0) is 50.2. The third kappa shape index (κ3) is 11.8. The summed E-state index contributed by atoms with van der Waals surface area (Å²) in [5, 5.41) is 26.6. The van der Waals surface area contributed by atoms with Gasteiger partial charge in [-0.05, 0) is 101 Å². The minimum absolute atomic E-state index is 0.0256. The fourth-order valence-corrected chi connectivity index (χ4v) is 12.5. The molecular weight excluding hydrogens is 1010 g/mol. The zero-order valence-corrected chi connectivity index (χ0v) is 41.7. The third-order valence-electron chi connectivity index (χ3n) is 11.6. The van der Waals surface area contributed by atoms with Gasteiger partial charge in [0.25, 0.3) is 40.5 Å². The Balaban J connectivity index is 1.41. The monoisotopic (exact) mass is 1060 g/mol. The molecule has 0 spiro atoms. The molecule has 4 aromatic rings. The van der Waals surface area contributed by atoms with Crippen molar-refractivity contribution in [3.05, 3.63) is 119 Å². The molecular formula is C43H47NO18S6. The molecule has 2 aliphatic rings. The van der Waals surface area contributed by atoms with Crippen molar-refractivity contribution in [1.82, 2.24) is 0 Å². The van der Waals surface area contributed by atoms with Crippen LogP contribution in [0.4, 0.5) is 5.69 Å². The van der Waals surface area contributed by atoms with E-state index in [0.717, 1.165) is 11.6 Å². The minimum atomic E-state index is -4.85. The van der Waals surface area contributed by atoms with Gasteiger partial charge in [0.15, 0.2) is 0 Å². The summed E-state index contributed by atoms with van der Waals surface area (Å²) in [7, 11) is -18.2. The maximum absolute atomic E-state index is 12.9. The summed E-state index contributed by atoms with van der Waals surface area (Å²) in [6, 6.07) is 11.9. The van der Waals surface area contributed by atoms with Crippen molar-refractivity contribution in [2.75, 3.05) is 23.0 Å². The molecule has 0 saturated heterocycles. The highest BCUT2D eigenvalue weighted by molar-refractivity contribution is 7.95. The van der Waals surface area contributed by atoms with E-state index >= 15 is 0 Å². The summed E-state index contributed by atoms with van der Waals surface area (Å²) in [5.41, 5.74) is 3.46. The summed E-state index contributed by atoms with van der Waals surface area (Å²) < 4.78 is 146. The number of rotatable bonds is 20. The van der Waals surface area contributed by atoms with Gasteiger partial charge in [0.05, 0.1) is 40.5 Å². The third-order valence-corrected chi connectivity index (χ3v) is 16.1. The Hall–Kier alpha value is -4.00. The Morgan fingerprint density at radius 1 is 0.721 bits per heavy atom. The van der Waals surface area contributed by atoms with Crippen LogP contribution in [-0.2, 0) is 70.0 Å². The predicted octanol–water partition coefficient (Wildman–Crippen LogP) is 9.07. The Labute approximate surface area is 401 Å². The van der Waals surface area contributed by atoms with Crippen molar-refractivity contribution in [1.29, 1.82) is 0 Å². The summed E-state index contributed by atoms with van der Waals surface area (Å²) in [4.78, 5) is 1.36. The molecule has 0 aromatic heterocycles. The van der Waals surface area contributed by atoms with Crippen molar-refractivity contribution in [3.63, 3.8) is 0 Å². The van der Waals surface area contributed by atoms with E-state index < -0.39 is 72.6 Å². The number of benzene rings is 4. The number of anilines is 1. The molecule has 0 unspecified atom stereocenters. The summed E-state index contributed by atoms with van der Waals surface area (Å²) >= 11 is 1.01. The minimum Gasteiger partial charge on any atom is -0.344 e. The van der Waals surface area contributed by atoms with E-state index in [2.05, 4.69) is 14.4 Å². The summed E-state index contributed by atoms with van der Waals surface area (Å²) in [5.74, 6) is -1.06. The van der Waals surface area contributed by atoms with Gasteiger partial charge in [0.2, 0.25) is 0 Å². The molecule has 368 valence electrons. The molecule has 0 saturated carbocycles. The number of allylic oxidation sites excluding steroid dienone is 10. The fraction of sp³-hybridized carbons (Fsp3) is 0.302. The molecule has 0 atom stereocenters. The van der Waals surface area contributed by atoms with Gasteiger partial charge in [0, 0.05) is 49.3 Å².